The lowest BCUT2D eigenvalue weighted by Crippen LogP contribution is -2.03. The molecule has 3 rings (SSSR count). The number of rotatable bonds is 6. The molecule has 0 atom stereocenters. The quantitative estimate of drug-likeness (QED) is 0.580. The van der Waals surface area contributed by atoms with Gasteiger partial charge in [0.2, 0.25) is 5.76 Å². The third kappa shape index (κ3) is 4.43. The normalized spacial score (nSPS) is 10.8. The van der Waals surface area contributed by atoms with Crippen LogP contribution in [-0.4, -0.2) is 11.1 Å². The Hall–Kier alpha value is -2.93. The molecule has 140 valence electrons. The van der Waals surface area contributed by atoms with Gasteiger partial charge in [-0.15, -0.1) is 0 Å². The van der Waals surface area contributed by atoms with Gasteiger partial charge in [-0.05, 0) is 36.4 Å². The Bertz CT molecular complexity index is 1000. The lowest BCUT2D eigenvalue weighted by atomic mass is 10.1. The first kappa shape index (κ1) is 18.8. The van der Waals surface area contributed by atoms with Gasteiger partial charge in [0.15, 0.2) is 11.6 Å². The van der Waals surface area contributed by atoms with Gasteiger partial charge in [-0.2, -0.15) is 0 Å². The standard InChI is InChI=1S/C19H12ClF3O4/c20-12-1-3-17(26-9-11-7-15(22)16(23)8-14(11)21)10(5-12)6-13-2-4-18(27-13)19(24)25/h1-5,7-8H,6,9H2,(H,24,25). The highest BCUT2D eigenvalue weighted by Gasteiger charge is 2.14. The maximum Gasteiger partial charge on any atom is 0.371 e. The predicted octanol–water partition coefficient (Wildman–Crippen LogP) is 5.22. The molecule has 27 heavy (non-hydrogen) atoms. The number of carboxylic acid groups (broad SMARTS) is 1. The summed E-state index contributed by atoms with van der Waals surface area (Å²) in [5.41, 5.74) is 0.401. The van der Waals surface area contributed by atoms with Crippen molar-refractivity contribution >= 4 is 17.6 Å². The van der Waals surface area contributed by atoms with Gasteiger partial charge in [0.25, 0.3) is 0 Å². The summed E-state index contributed by atoms with van der Waals surface area (Å²) in [5, 5.41) is 9.31. The van der Waals surface area contributed by atoms with Crippen LogP contribution in [-0.2, 0) is 13.0 Å². The van der Waals surface area contributed by atoms with Gasteiger partial charge >= 0.3 is 5.97 Å². The summed E-state index contributed by atoms with van der Waals surface area (Å²) in [7, 11) is 0. The number of hydrogen-bond donors (Lipinski definition) is 1. The minimum atomic E-state index is -1.28. The fourth-order valence-electron chi connectivity index (χ4n) is 2.43. The largest absolute Gasteiger partial charge is 0.488 e. The second kappa shape index (κ2) is 7.75. The van der Waals surface area contributed by atoms with Crippen molar-refractivity contribution in [2.24, 2.45) is 0 Å². The number of furan rings is 1. The Labute approximate surface area is 156 Å². The zero-order valence-corrected chi connectivity index (χ0v) is 14.4. The van der Waals surface area contributed by atoms with Crippen molar-refractivity contribution in [3.8, 4) is 5.75 Å². The van der Waals surface area contributed by atoms with E-state index in [2.05, 4.69) is 0 Å². The Balaban J connectivity index is 1.81. The first-order valence-corrected chi connectivity index (χ1v) is 8.08. The molecule has 1 aromatic heterocycles. The molecule has 0 saturated carbocycles. The van der Waals surface area contributed by atoms with Crippen LogP contribution in [0.4, 0.5) is 13.2 Å². The second-order valence-corrected chi connectivity index (χ2v) is 6.08. The summed E-state index contributed by atoms with van der Waals surface area (Å²) in [4.78, 5) is 10.9. The van der Waals surface area contributed by atoms with Crippen LogP contribution in [0.2, 0.25) is 5.02 Å². The third-order valence-corrected chi connectivity index (χ3v) is 3.97. The molecule has 1 N–H and O–H groups in total. The molecular weight excluding hydrogens is 385 g/mol. The van der Waals surface area contributed by atoms with Gasteiger partial charge in [0.05, 0.1) is 0 Å². The fourth-order valence-corrected chi connectivity index (χ4v) is 2.63. The number of benzene rings is 2. The molecule has 3 aromatic rings. The minimum absolute atomic E-state index is 0.152. The SMILES string of the molecule is O=C(O)c1ccc(Cc2cc(Cl)ccc2OCc2cc(F)c(F)cc2F)o1. The van der Waals surface area contributed by atoms with Crippen molar-refractivity contribution in [2.45, 2.75) is 13.0 Å². The van der Waals surface area contributed by atoms with E-state index in [1.54, 1.807) is 12.1 Å². The zero-order valence-electron chi connectivity index (χ0n) is 13.6. The van der Waals surface area contributed by atoms with Crippen LogP contribution in [0, 0.1) is 17.5 Å². The summed E-state index contributed by atoms with van der Waals surface area (Å²) in [6, 6.07) is 8.67. The molecule has 0 fully saturated rings. The van der Waals surface area contributed by atoms with Gasteiger partial charge in [0.1, 0.15) is 23.9 Å². The zero-order chi connectivity index (χ0) is 19.6. The molecule has 1 heterocycles. The van der Waals surface area contributed by atoms with E-state index in [-0.39, 0.29) is 24.4 Å². The summed E-state index contributed by atoms with van der Waals surface area (Å²) in [6.45, 7) is -0.337. The van der Waals surface area contributed by atoms with Gasteiger partial charge in [0, 0.05) is 28.6 Å². The van der Waals surface area contributed by atoms with E-state index in [9.17, 15) is 18.0 Å². The highest BCUT2D eigenvalue weighted by Crippen LogP contribution is 2.27. The van der Waals surface area contributed by atoms with E-state index in [1.165, 1.54) is 18.2 Å². The Kier molecular flexibility index (Phi) is 5.41. The molecule has 0 spiro atoms. The number of halogens is 4. The van der Waals surface area contributed by atoms with Crippen molar-refractivity contribution in [1.29, 1.82) is 0 Å². The second-order valence-electron chi connectivity index (χ2n) is 5.65. The van der Waals surface area contributed by atoms with E-state index in [0.717, 1.165) is 6.07 Å². The molecule has 2 aromatic carbocycles. The smallest absolute Gasteiger partial charge is 0.371 e. The maximum absolute atomic E-state index is 13.7. The van der Waals surface area contributed by atoms with Crippen LogP contribution in [0.3, 0.4) is 0 Å². The van der Waals surface area contributed by atoms with Crippen molar-refractivity contribution in [3.63, 3.8) is 0 Å². The van der Waals surface area contributed by atoms with Crippen LogP contribution in [0.5, 0.6) is 5.75 Å². The maximum atomic E-state index is 13.7. The van der Waals surface area contributed by atoms with Gasteiger partial charge < -0.3 is 14.3 Å². The van der Waals surface area contributed by atoms with E-state index in [4.69, 9.17) is 25.9 Å². The van der Waals surface area contributed by atoms with Crippen LogP contribution in [0.15, 0.2) is 46.9 Å². The van der Waals surface area contributed by atoms with Gasteiger partial charge in [-0.3, -0.25) is 0 Å². The highest BCUT2D eigenvalue weighted by molar-refractivity contribution is 6.30. The summed E-state index contributed by atoms with van der Waals surface area (Å²) in [5.74, 6) is -4.12. The van der Waals surface area contributed by atoms with Gasteiger partial charge in [-0.1, -0.05) is 11.6 Å². The van der Waals surface area contributed by atoms with Crippen molar-refractivity contribution < 1.29 is 32.2 Å². The topological polar surface area (TPSA) is 59.7 Å². The molecular formula is C19H12ClF3O4. The van der Waals surface area contributed by atoms with Crippen molar-refractivity contribution in [2.75, 3.05) is 0 Å². The van der Waals surface area contributed by atoms with Crippen LogP contribution in [0.1, 0.15) is 27.4 Å². The minimum Gasteiger partial charge on any atom is -0.488 e. The van der Waals surface area contributed by atoms with Crippen molar-refractivity contribution in [1.82, 2.24) is 0 Å². The summed E-state index contributed by atoms with van der Waals surface area (Å²) < 4.78 is 50.8. The number of carboxylic acids is 1. The monoisotopic (exact) mass is 396 g/mol. The predicted molar refractivity (Wildman–Crippen MR) is 90.6 cm³/mol. The number of aromatic carboxylic acids is 1. The Morgan fingerprint density at radius 2 is 1.74 bits per heavy atom. The number of ether oxygens (including phenoxy) is 1. The first-order chi connectivity index (χ1) is 12.8. The Morgan fingerprint density at radius 1 is 1.00 bits per heavy atom. The van der Waals surface area contributed by atoms with Crippen LogP contribution >= 0.6 is 11.6 Å². The molecule has 0 aliphatic heterocycles. The molecule has 0 aliphatic carbocycles. The average molecular weight is 397 g/mol. The van der Waals surface area contributed by atoms with Crippen LogP contribution < -0.4 is 4.74 Å². The third-order valence-electron chi connectivity index (χ3n) is 3.73. The van der Waals surface area contributed by atoms with E-state index in [1.807, 2.05) is 0 Å². The van der Waals surface area contributed by atoms with Gasteiger partial charge in [-0.25, -0.2) is 18.0 Å². The van der Waals surface area contributed by atoms with E-state index < -0.39 is 23.4 Å². The molecule has 8 heteroatoms. The summed E-state index contributed by atoms with van der Waals surface area (Å²) in [6.07, 6.45) is 0.170. The van der Waals surface area contributed by atoms with Crippen LogP contribution in [0.25, 0.3) is 0 Å². The molecule has 0 bridgehead atoms. The molecule has 4 nitrogen and oxygen atoms in total. The molecule has 0 amide bonds. The lowest BCUT2D eigenvalue weighted by molar-refractivity contribution is 0.0660. The number of hydrogen-bond acceptors (Lipinski definition) is 3. The molecule has 0 radical (unpaired) electrons. The lowest BCUT2D eigenvalue weighted by Gasteiger charge is -2.12. The molecule has 0 aliphatic rings. The Morgan fingerprint density at radius 3 is 2.44 bits per heavy atom. The van der Waals surface area contributed by atoms with E-state index >= 15 is 0 Å². The fraction of sp³-hybridized carbons (Fsp3) is 0.105. The first-order valence-electron chi connectivity index (χ1n) is 7.70. The molecule has 0 unspecified atom stereocenters. The molecule has 0 saturated heterocycles. The highest BCUT2D eigenvalue weighted by atomic mass is 35.5. The summed E-state index contributed by atoms with van der Waals surface area (Å²) >= 11 is 5.99. The average Bonchev–Trinajstić information content (AvgIpc) is 3.07. The number of carbonyl (C=O) groups is 1. The van der Waals surface area contributed by atoms with E-state index in [0.29, 0.717) is 28.2 Å². The van der Waals surface area contributed by atoms with Crippen molar-refractivity contribution in [3.05, 3.63) is 87.6 Å².